The van der Waals surface area contributed by atoms with E-state index in [9.17, 15) is 4.39 Å². The molecule has 0 saturated heterocycles. The minimum atomic E-state index is -0.257. The summed E-state index contributed by atoms with van der Waals surface area (Å²) >= 11 is 0. The molecule has 0 atom stereocenters. The average Bonchev–Trinajstić information content (AvgIpc) is 2.88. The van der Waals surface area contributed by atoms with Gasteiger partial charge in [0.05, 0.1) is 17.4 Å². The number of aryl methyl sites for hydroxylation is 1. The number of nitrogens with zero attached hydrogens (tertiary/aromatic N) is 1. The van der Waals surface area contributed by atoms with Crippen LogP contribution in [0.2, 0.25) is 0 Å². The van der Waals surface area contributed by atoms with Crippen molar-refractivity contribution in [2.24, 2.45) is 5.73 Å². The summed E-state index contributed by atoms with van der Waals surface area (Å²) in [7, 11) is 0. The fourth-order valence-electron chi connectivity index (χ4n) is 1.90. The van der Waals surface area contributed by atoms with Gasteiger partial charge in [-0.1, -0.05) is 0 Å². The van der Waals surface area contributed by atoms with E-state index in [1.165, 1.54) is 6.07 Å². The van der Waals surface area contributed by atoms with Gasteiger partial charge in [-0.2, -0.15) is 0 Å². The zero-order valence-electron chi connectivity index (χ0n) is 9.63. The Bertz CT molecular complexity index is 570. The van der Waals surface area contributed by atoms with Crippen LogP contribution in [0.15, 0.2) is 24.4 Å². The van der Waals surface area contributed by atoms with Gasteiger partial charge in [-0.3, -0.25) is 0 Å². The third-order valence-electron chi connectivity index (χ3n) is 3.31. The van der Waals surface area contributed by atoms with Gasteiger partial charge in [0.1, 0.15) is 11.6 Å². The monoisotopic (exact) mass is 231 g/mol. The smallest absolute Gasteiger partial charge is 0.126 e. The van der Waals surface area contributed by atoms with Crippen LogP contribution in [0.25, 0.3) is 11.3 Å². The first kappa shape index (κ1) is 10.5. The predicted molar refractivity (Wildman–Crippen MR) is 63.8 cm³/mol. The first-order valence-electron chi connectivity index (χ1n) is 5.69. The van der Waals surface area contributed by atoms with Gasteiger partial charge >= 0.3 is 0 Å². The van der Waals surface area contributed by atoms with E-state index >= 15 is 0 Å². The Labute approximate surface area is 98.9 Å². The van der Waals surface area contributed by atoms with Gasteiger partial charge in [0.2, 0.25) is 0 Å². The Balaban J connectivity index is 1.98. The van der Waals surface area contributed by atoms with Crippen LogP contribution in [0.5, 0.6) is 0 Å². The third-order valence-corrected chi connectivity index (χ3v) is 3.31. The maximum atomic E-state index is 13.2. The Hall–Kier alpha value is -1.68. The highest BCUT2D eigenvalue weighted by molar-refractivity contribution is 5.59. The number of H-pyrrole nitrogens is 1. The number of imidazole rings is 1. The van der Waals surface area contributed by atoms with E-state index in [-0.39, 0.29) is 11.4 Å². The molecule has 0 aliphatic heterocycles. The highest BCUT2D eigenvalue weighted by atomic mass is 19.1. The zero-order chi connectivity index (χ0) is 12.0. The van der Waals surface area contributed by atoms with Gasteiger partial charge in [-0.05, 0) is 43.5 Å². The molecule has 1 fully saturated rings. The van der Waals surface area contributed by atoms with E-state index in [4.69, 9.17) is 5.73 Å². The van der Waals surface area contributed by atoms with Crippen molar-refractivity contribution in [3.05, 3.63) is 41.6 Å². The molecule has 0 radical (unpaired) electrons. The molecule has 0 spiro atoms. The van der Waals surface area contributed by atoms with Gasteiger partial charge in [0.15, 0.2) is 0 Å². The molecule has 1 aromatic carbocycles. The van der Waals surface area contributed by atoms with Gasteiger partial charge in [-0.15, -0.1) is 0 Å². The molecule has 2 aromatic rings. The van der Waals surface area contributed by atoms with E-state index in [1.54, 1.807) is 19.2 Å². The number of hydrogen-bond acceptors (Lipinski definition) is 2. The van der Waals surface area contributed by atoms with Crippen molar-refractivity contribution in [1.29, 1.82) is 0 Å². The maximum absolute atomic E-state index is 13.2. The van der Waals surface area contributed by atoms with Gasteiger partial charge < -0.3 is 10.7 Å². The second-order valence-electron chi connectivity index (χ2n) is 4.77. The summed E-state index contributed by atoms with van der Waals surface area (Å²) in [6, 6.07) is 5.03. The molecule has 3 N–H and O–H groups in total. The molecule has 1 heterocycles. The number of aromatic nitrogens is 2. The summed E-state index contributed by atoms with van der Waals surface area (Å²) in [6.45, 7) is 1.75. The first-order chi connectivity index (χ1) is 8.08. The number of benzene rings is 1. The maximum Gasteiger partial charge on any atom is 0.126 e. The van der Waals surface area contributed by atoms with Gasteiger partial charge in [0, 0.05) is 5.56 Å². The van der Waals surface area contributed by atoms with Crippen LogP contribution in [-0.4, -0.2) is 9.97 Å². The van der Waals surface area contributed by atoms with Crippen molar-refractivity contribution in [3.63, 3.8) is 0 Å². The van der Waals surface area contributed by atoms with Crippen molar-refractivity contribution in [1.82, 2.24) is 9.97 Å². The molecule has 1 saturated carbocycles. The van der Waals surface area contributed by atoms with Crippen LogP contribution in [0.3, 0.4) is 0 Å². The predicted octanol–water partition coefficient (Wildman–Crippen LogP) is 2.47. The van der Waals surface area contributed by atoms with E-state index in [2.05, 4.69) is 9.97 Å². The van der Waals surface area contributed by atoms with Crippen LogP contribution in [0.4, 0.5) is 4.39 Å². The van der Waals surface area contributed by atoms with Crippen LogP contribution >= 0.6 is 0 Å². The summed E-state index contributed by atoms with van der Waals surface area (Å²) in [6.07, 6.45) is 3.71. The Morgan fingerprint density at radius 1 is 1.41 bits per heavy atom. The lowest BCUT2D eigenvalue weighted by molar-refractivity contribution is 0.618. The van der Waals surface area contributed by atoms with Crippen molar-refractivity contribution >= 4 is 0 Å². The van der Waals surface area contributed by atoms with E-state index < -0.39 is 0 Å². The molecule has 1 aromatic heterocycles. The average molecular weight is 231 g/mol. The lowest BCUT2D eigenvalue weighted by Gasteiger charge is -2.04. The molecular weight excluding hydrogens is 217 g/mol. The summed E-state index contributed by atoms with van der Waals surface area (Å²) in [5, 5.41) is 0. The third kappa shape index (κ3) is 1.74. The summed E-state index contributed by atoms with van der Waals surface area (Å²) in [4.78, 5) is 7.52. The molecule has 3 rings (SSSR count). The molecule has 88 valence electrons. The summed E-state index contributed by atoms with van der Waals surface area (Å²) < 4.78 is 13.2. The summed E-state index contributed by atoms with van der Waals surface area (Å²) in [5.74, 6) is 0.639. The van der Waals surface area contributed by atoms with Crippen molar-refractivity contribution in [2.45, 2.75) is 25.3 Å². The molecule has 4 heteroatoms. The molecule has 0 unspecified atom stereocenters. The SMILES string of the molecule is Cc1cc(-c2cnc(C3(N)CC3)[nH]2)ccc1F. The highest BCUT2D eigenvalue weighted by Gasteiger charge is 2.42. The molecule has 0 amide bonds. The summed E-state index contributed by atoms with van der Waals surface area (Å²) in [5.41, 5.74) is 8.26. The topological polar surface area (TPSA) is 54.7 Å². The fourth-order valence-corrected chi connectivity index (χ4v) is 1.90. The number of halogens is 1. The lowest BCUT2D eigenvalue weighted by atomic mass is 10.1. The fraction of sp³-hybridized carbons (Fsp3) is 0.308. The standard InChI is InChI=1S/C13H14FN3/c1-8-6-9(2-3-10(8)14)11-7-16-12(17-11)13(15)4-5-13/h2-3,6-7H,4-5,15H2,1H3,(H,16,17). The normalized spacial score (nSPS) is 17.1. The van der Waals surface area contributed by atoms with Crippen molar-refractivity contribution in [3.8, 4) is 11.3 Å². The Morgan fingerprint density at radius 3 is 2.82 bits per heavy atom. The number of nitrogens with two attached hydrogens (primary N) is 1. The Morgan fingerprint density at radius 2 is 2.18 bits per heavy atom. The number of nitrogens with one attached hydrogen (secondary N) is 1. The first-order valence-corrected chi connectivity index (χ1v) is 5.69. The second kappa shape index (κ2) is 3.40. The minimum Gasteiger partial charge on any atom is -0.340 e. The molecule has 0 bridgehead atoms. The van der Waals surface area contributed by atoms with Crippen molar-refractivity contribution in [2.75, 3.05) is 0 Å². The van der Waals surface area contributed by atoms with Crippen LogP contribution in [-0.2, 0) is 5.54 Å². The van der Waals surface area contributed by atoms with Crippen molar-refractivity contribution < 1.29 is 4.39 Å². The highest BCUT2D eigenvalue weighted by Crippen LogP contribution is 2.41. The minimum absolute atomic E-state index is 0.189. The van der Waals surface area contributed by atoms with Gasteiger partial charge in [-0.25, -0.2) is 9.37 Å². The second-order valence-corrected chi connectivity index (χ2v) is 4.77. The van der Waals surface area contributed by atoms with Crippen LogP contribution < -0.4 is 5.73 Å². The Kier molecular flexibility index (Phi) is 2.10. The van der Waals surface area contributed by atoms with E-state index in [0.29, 0.717) is 5.56 Å². The lowest BCUT2D eigenvalue weighted by Crippen LogP contribution is -2.20. The molecule has 17 heavy (non-hydrogen) atoms. The van der Waals surface area contributed by atoms with Crippen LogP contribution in [0.1, 0.15) is 24.2 Å². The quantitative estimate of drug-likeness (QED) is 0.834. The largest absolute Gasteiger partial charge is 0.340 e. The number of hydrogen-bond donors (Lipinski definition) is 2. The number of aromatic amines is 1. The molecule has 1 aliphatic rings. The van der Waals surface area contributed by atoms with Gasteiger partial charge in [0.25, 0.3) is 0 Å². The van der Waals surface area contributed by atoms with E-state index in [0.717, 1.165) is 29.9 Å². The number of rotatable bonds is 2. The molecular formula is C13H14FN3. The molecule has 3 nitrogen and oxygen atoms in total. The zero-order valence-corrected chi connectivity index (χ0v) is 9.63. The van der Waals surface area contributed by atoms with Crippen LogP contribution in [0, 0.1) is 12.7 Å². The van der Waals surface area contributed by atoms with E-state index in [1.807, 2.05) is 6.07 Å². The molecule has 1 aliphatic carbocycles.